The van der Waals surface area contributed by atoms with Gasteiger partial charge >= 0.3 is 18.2 Å². The van der Waals surface area contributed by atoms with Crippen molar-refractivity contribution < 1.29 is 32.3 Å². The first kappa shape index (κ1) is 16.9. The summed E-state index contributed by atoms with van der Waals surface area (Å²) in [7, 11) is 0. The summed E-state index contributed by atoms with van der Waals surface area (Å²) in [5, 5.41) is 10.7. The molecule has 0 aliphatic carbocycles. The van der Waals surface area contributed by atoms with Crippen LogP contribution in [0.2, 0.25) is 0 Å². The number of hydrogen-bond donors (Lipinski definition) is 0. The molecule has 2 aromatic rings. The van der Waals surface area contributed by atoms with Gasteiger partial charge in [-0.25, -0.2) is 0 Å². The molecule has 0 N–H and O–H groups in total. The van der Waals surface area contributed by atoms with E-state index in [1.54, 1.807) is 0 Å². The van der Waals surface area contributed by atoms with Crippen LogP contribution in [-0.2, 0) is 6.54 Å². The minimum atomic E-state index is -4.74. The monoisotopic (exact) mass is 359 g/mol. The van der Waals surface area contributed by atoms with Crippen molar-refractivity contribution in [2.45, 2.75) is 12.9 Å². The van der Waals surface area contributed by atoms with Crippen LogP contribution in [0.25, 0.3) is 0 Å². The second kappa shape index (κ2) is 6.49. The van der Waals surface area contributed by atoms with E-state index in [9.17, 15) is 23.3 Å². The van der Waals surface area contributed by atoms with Crippen molar-refractivity contribution in [2.75, 3.05) is 13.2 Å². The van der Waals surface area contributed by atoms with Crippen LogP contribution in [0, 0.1) is 16.0 Å². The van der Waals surface area contributed by atoms with E-state index in [1.807, 2.05) is 0 Å². The van der Waals surface area contributed by atoms with Crippen LogP contribution in [0.1, 0.15) is 0 Å². The molecule has 0 saturated carbocycles. The molecule has 1 aliphatic rings. The largest absolute Gasteiger partial charge is 0.573 e. The third-order valence-corrected chi connectivity index (χ3v) is 3.36. The fourth-order valence-electron chi connectivity index (χ4n) is 2.30. The minimum Gasteiger partial charge on any atom is -0.493 e. The summed E-state index contributed by atoms with van der Waals surface area (Å²) >= 11 is 0. The van der Waals surface area contributed by atoms with E-state index in [0.29, 0.717) is 12.3 Å². The van der Waals surface area contributed by atoms with Crippen LogP contribution in [-0.4, -0.2) is 34.1 Å². The van der Waals surface area contributed by atoms with E-state index < -0.39 is 11.3 Å². The smallest absolute Gasteiger partial charge is 0.493 e. The molecule has 1 atom stereocenters. The van der Waals surface area contributed by atoms with Gasteiger partial charge in [0.05, 0.1) is 6.61 Å². The molecule has 2 heterocycles. The molecule has 25 heavy (non-hydrogen) atoms. The Kier molecular flexibility index (Phi) is 4.38. The topological polar surface area (TPSA) is 88.7 Å². The number of nitrogens with zero attached hydrogens (tertiary/aromatic N) is 3. The SMILES string of the molecule is O=[N+]([O-])c1cn2c(n1)OC[C@@H](COc1ccc(OC(F)(F)F)cc1)C2. The molecule has 0 bridgehead atoms. The highest BCUT2D eigenvalue weighted by atomic mass is 19.4. The lowest BCUT2D eigenvalue weighted by atomic mass is 10.1. The molecule has 8 nitrogen and oxygen atoms in total. The van der Waals surface area contributed by atoms with Gasteiger partial charge in [0.25, 0.3) is 0 Å². The van der Waals surface area contributed by atoms with Gasteiger partial charge in [0, 0.05) is 17.4 Å². The number of aromatic nitrogens is 2. The van der Waals surface area contributed by atoms with E-state index in [2.05, 4.69) is 9.72 Å². The quantitative estimate of drug-likeness (QED) is 0.602. The number of ether oxygens (including phenoxy) is 3. The molecule has 0 fully saturated rings. The van der Waals surface area contributed by atoms with Gasteiger partial charge < -0.3 is 24.3 Å². The van der Waals surface area contributed by atoms with Crippen LogP contribution in [0.15, 0.2) is 30.5 Å². The van der Waals surface area contributed by atoms with E-state index in [4.69, 9.17) is 9.47 Å². The van der Waals surface area contributed by atoms with E-state index >= 15 is 0 Å². The van der Waals surface area contributed by atoms with E-state index in [-0.39, 0.29) is 36.7 Å². The van der Waals surface area contributed by atoms with Crippen molar-refractivity contribution in [3.63, 3.8) is 0 Å². The summed E-state index contributed by atoms with van der Waals surface area (Å²) in [6.45, 7) is 0.916. The predicted octanol–water partition coefficient (Wildman–Crippen LogP) is 2.78. The van der Waals surface area contributed by atoms with Crippen LogP contribution in [0.3, 0.4) is 0 Å². The molecule has 134 valence electrons. The van der Waals surface area contributed by atoms with Crippen LogP contribution in [0.4, 0.5) is 19.0 Å². The number of rotatable bonds is 5. The molecule has 1 aliphatic heterocycles. The van der Waals surface area contributed by atoms with Crippen molar-refractivity contribution in [1.29, 1.82) is 0 Å². The molecular weight excluding hydrogens is 347 g/mol. The van der Waals surface area contributed by atoms with Gasteiger partial charge in [0.2, 0.25) is 0 Å². The summed E-state index contributed by atoms with van der Waals surface area (Å²) in [5.41, 5.74) is 0. The van der Waals surface area contributed by atoms with Gasteiger partial charge in [0.15, 0.2) is 0 Å². The third-order valence-electron chi connectivity index (χ3n) is 3.36. The van der Waals surface area contributed by atoms with Crippen LogP contribution >= 0.6 is 0 Å². The molecule has 0 radical (unpaired) electrons. The zero-order valence-electron chi connectivity index (χ0n) is 12.6. The van der Waals surface area contributed by atoms with Gasteiger partial charge in [-0.2, -0.15) is 0 Å². The summed E-state index contributed by atoms with van der Waals surface area (Å²) in [6, 6.07) is 5.20. The van der Waals surface area contributed by atoms with Gasteiger partial charge in [-0.05, 0) is 29.2 Å². The Hall–Kier alpha value is -2.98. The Morgan fingerprint density at radius 2 is 2.00 bits per heavy atom. The molecule has 0 spiro atoms. The van der Waals surface area contributed by atoms with Gasteiger partial charge in [-0.15, -0.1) is 13.2 Å². The number of nitro groups is 1. The van der Waals surface area contributed by atoms with Gasteiger partial charge in [0.1, 0.15) is 24.3 Å². The normalized spacial score (nSPS) is 16.7. The maximum absolute atomic E-state index is 12.1. The second-order valence-electron chi connectivity index (χ2n) is 5.30. The average molecular weight is 359 g/mol. The molecule has 0 saturated heterocycles. The lowest BCUT2D eigenvalue weighted by Gasteiger charge is -2.22. The predicted molar refractivity (Wildman–Crippen MR) is 76.5 cm³/mol. The first-order chi connectivity index (χ1) is 11.8. The Bertz CT molecular complexity index is 760. The minimum absolute atomic E-state index is 0.0904. The fraction of sp³-hybridized carbons (Fsp3) is 0.357. The Balaban J connectivity index is 1.54. The van der Waals surface area contributed by atoms with Gasteiger partial charge in [-0.3, -0.25) is 4.57 Å². The van der Waals surface area contributed by atoms with E-state index in [0.717, 1.165) is 12.1 Å². The number of imidazole rings is 1. The Labute approximate surface area is 138 Å². The van der Waals surface area contributed by atoms with Crippen LogP contribution < -0.4 is 14.2 Å². The van der Waals surface area contributed by atoms with E-state index in [1.165, 1.54) is 22.9 Å². The number of halogens is 3. The molecule has 11 heteroatoms. The highest BCUT2D eigenvalue weighted by Crippen LogP contribution is 2.26. The first-order valence-electron chi connectivity index (χ1n) is 7.13. The molecule has 0 amide bonds. The molecular formula is C14H12F3N3O5. The number of hydrogen-bond acceptors (Lipinski definition) is 6. The maximum Gasteiger partial charge on any atom is 0.573 e. The molecule has 1 aromatic heterocycles. The summed E-state index contributed by atoms with van der Waals surface area (Å²) in [5.74, 6) is -0.350. The summed E-state index contributed by atoms with van der Waals surface area (Å²) in [6.07, 6.45) is -3.46. The van der Waals surface area contributed by atoms with Crippen molar-refractivity contribution >= 4 is 5.82 Å². The summed E-state index contributed by atoms with van der Waals surface area (Å²) < 4.78 is 52.4. The Morgan fingerprint density at radius 3 is 2.64 bits per heavy atom. The molecule has 1 aromatic carbocycles. The lowest BCUT2D eigenvalue weighted by Crippen LogP contribution is -2.29. The number of fused-ring (bicyclic) bond motifs is 1. The average Bonchev–Trinajstić information content (AvgIpc) is 2.96. The standard InChI is InChI=1S/C14H12F3N3O5/c15-14(16,17)25-11-3-1-10(2-4-11)23-7-9-5-19-6-12(20(21)22)18-13(19)24-8-9/h1-4,6,9H,5,7-8H2/t9-/m1/s1. The van der Waals surface area contributed by atoms with Crippen molar-refractivity contribution in [3.05, 3.63) is 40.6 Å². The summed E-state index contributed by atoms with van der Waals surface area (Å²) in [4.78, 5) is 13.8. The second-order valence-corrected chi connectivity index (χ2v) is 5.30. The zero-order valence-corrected chi connectivity index (χ0v) is 12.6. The van der Waals surface area contributed by atoms with Gasteiger partial charge in [-0.1, -0.05) is 0 Å². The maximum atomic E-state index is 12.1. The number of alkyl halides is 3. The number of benzene rings is 1. The van der Waals surface area contributed by atoms with Crippen LogP contribution in [0.5, 0.6) is 17.5 Å². The highest BCUT2D eigenvalue weighted by Gasteiger charge is 2.31. The molecule has 0 unspecified atom stereocenters. The fourth-order valence-corrected chi connectivity index (χ4v) is 2.30. The Morgan fingerprint density at radius 1 is 1.32 bits per heavy atom. The zero-order chi connectivity index (χ0) is 18.0. The molecule has 3 rings (SSSR count). The lowest BCUT2D eigenvalue weighted by molar-refractivity contribution is -0.389. The van der Waals surface area contributed by atoms with Crippen molar-refractivity contribution in [1.82, 2.24) is 9.55 Å². The van der Waals surface area contributed by atoms with Crippen molar-refractivity contribution in [3.8, 4) is 17.5 Å². The third kappa shape index (κ3) is 4.31. The highest BCUT2D eigenvalue weighted by molar-refractivity contribution is 5.31. The van der Waals surface area contributed by atoms with Crippen molar-refractivity contribution in [2.24, 2.45) is 5.92 Å². The first-order valence-corrected chi connectivity index (χ1v) is 7.13.